The van der Waals surface area contributed by atoms with Gasteiger partial charge in [-0.15, -0.1) is 12.4 Å². The van der Waals surface area contributed by atoms with Crippen LogP contribution < -0.4 is 4.90 Å². The van der Waals surface area contributed by atoms with Gasteiger partial charge in [-0.3, -0.25) is 9.69 Å². The van der Waals surface area contributed by atoms with Crippen LogP contribution in [0.3, 0.4) is 0 Å². The van der Waals surface area contributed by atoms with Crippen molar-refractivity contribution >= 4 is 56.6 Å². The lowest BCUT2D eigenvalue weighted by molar-refractivity contribution is -0.137. The first-order valence-electron chi connectivity index (χ1n) is 8.35. The number of rotatable bonds is 5. The highest BCUT2D eigenvalue weighted by Gasteiger charge is 2.31. The van der Waals surface area contributed by atoms with Gasteiger partial charge in [-0.2, -0.15) is 13.2 Å². The quantitative estimate of drug-likeness (QED) is 0.494. The number of hydrogen-bond acceptors (Lipinski definition) is 4. The summed E-state index contributed by atoms with van der Waals surface area (Å²) in [5.41, 5.74) is -0.340. The number of fused-ring (bicyclic) bond motifs is 1. The van der Waals surface area contributed by atoms with Gasteiger partial charge in [0.1, 0.15) is 5.52 Å². The maximum absolute atomic E-state index is 13.1. The summed E-state index contributed by atoms with van der Waals surface area (Å²) in [5.74, 6) is -0.539. The van der Waals surface area contributed by atoms with Gasteiger partial charge in [-0.25, -0.2) is 4.98 Å². The molecule has 0 saturated heterocycles. The highest BCUT2D eigenvalue weighted by molar-refractivity contribution is 7.22. The van der Waals surface area contributed by atoms with Crippen molar-refractivity contribution in [3.8, 4) is 0 Å². The molecule has 156 valence electrons. The van der Waals surface area contributed by atoms with Gasteiger partial charge in [0.15, 0.2) is 5.13 Å². The molecule has 3 rings (SSSR count). The van der Waals surface area contributed by atoms with Crippen molar-refractivity contribution in [2.24, 2.45) is 0 Å². The number of carbonyl (C=O) groups excluding carboxylic acids is 1. The molecule has 0 aliphatic heterocycles. The third-order valence-electron chi connectivity index (χ3n) is 4.04. The van der Waals surface area contributed by atoms with Crippen molar-refractivity contribution < 1.29 is 18.0 Å². The number of para-hydroxylation sites is 1. The number of alkyl halides is 3. The second-order valence-corrected chi connectivity index (χ2v) is 7.84. The fraction of sp³-hybridized carbons (Fsp3) is 0.263. The number of carbonyl (C=O) groups is 1. The Morgan fingerprint density at radius 3 is 2.45 bits per heavy atom. The van der Waals surface area contributed by atoms with E-state index in [0.717, 1.165) is 16.8 Å². The molecule has 2 aromatic carbocycles. The van der Waals surface area contributed by atoms with Crippen LogP contribution in [0.2, 0.25) is 5.02 Å². The van der Waals surface area contributed by atoms with Gasteiger partial charge in [-0.1, -0.05) is 35.1 Å². The Hall–Kier alpha value is -1.87. The lowest BCUT2D eigenvalue weighted by Crippen LogP contribution is -2.36. The number of amides is 1. The lowest BCUT2D eigenvalue weighted by Gasteiger charge is -2.22. The average Bonchev–Trinajstić information content (AvgIpc) is 3.06. The number of halogens is 5. The van der Waals surface area contributed by atoms with Crippen LogP contribution in [-0.2, 0) is 6.18 Å². The first kappa shape index (κ1) is 23.4. The van der Waals surface area contributed by atoms with Gasteiger partial charge in [0, 0.05) is 18.7 Å². The molecule has 0 atom stereocenters. The van der Waals surface area contributed by atoms with Gasteiger partial charge in [0.05, 0.1) is 15.3 Å². The molecule has 0 spiro atoms. The maximum atomic E-state index is 13.1. The molecule has 0 saturated carbocycles. The van der Waals surface area contributed by atoms with E-state index >= 15 is 0 Å². The summed E-state index contributed by atoms with van der Waals surface area (Å²) in [7, 11) is 3.70. The van der Waals surface area contributed by atoms with Gasteiger partial charge < -0.3 is 4.90 Å². The Balaban J connectivity index is 0.00000300. The Bertz CT molecular complexity index is 1010. The normalized spacial score (nSPS) is 11.6. The van der Waals surface area contributed by atoms with Crippen LogP contribution >= 0.6 is 35.3 Å². The number of likely N-dealkylation sites (N-methyl/N-ethyl adjacent to an activating group) is 1. The zero-order valence-corrected chi connectivity index (χ0v) is 17.9. The predicted octanol–water partition coefficient (Wildman–Crippen LogP) is 5.60. The molecule has 4 nitrogen and oxygen atoms in total. The summed E-state index contributed by atoms with van der Waals surface area (Å²) in [5, 5.41) is 0.853. The molecule has 1 heterocycles. The van der Waals surface area contributed by atoms with E-state index in [9.17, 15) is 18.0 Å². The zero-order chi connectivity index (χ0) is 20.5. The molecule has 10 heteroatoms. The molecule has 0 radical (unpaired) electrons. The van der Waals surface area contributed by atoms with Gasteiger partial charge in [-0.05, 0) is 44.4 Å². The zero-order valence-electron chi connectivity index (χ0n) is 15.5. The van der Waals surface area contributed by atoms with E-state index in [1.165, 1.54) is 28.4 Å². The van der Waals surface area contributed by atoms with E-state index in [1.54, 1.807) is 12.1 Å². The Morgan fingerprint density at radius 2 is 1.83 bits per heavy atom. The third kappa shape index (κ3) is 5.39. The second-order valence-electron chi connectivity index (χ2n) is 6.42. The second kappa shape index (κ2) is 9.30. The lowest BCUT2D eigenvalue weighted by atomic mass is 10.1. The third-order valence-corrected chi connectivity index (χ3v) is 5.39. The summed E-state index contributed by atoms with van der Waals surface area (Å²) < 4.78 is 39.9. The number of nitrogens with zero attached hydrogens (tertiary/aromatic N) is 3. The van der Waals surface area contributed by atoms with Crippen LogP contribution in [0.4, 0.5) is 18.3 Å². The van der Waals surface area contributed by atoms with E-state index in [1.807, 2.05) is 25.1 Å². The molecule has 0 bridgehead atoms. The molecule has 0 unspecified atom stereocenters. The maximum Gasteiger partial charge on any atom is 0.416 e. The summed E-state index contributed by atoms with van der Waals surface area (Å²) >= 11 is 7.45. The SMILES string of the molecule is CN(C)CCN(C(=O)c1cccc(C(F)(F)F)c1)c1nc2c(Cl)cccc2s1.Cl. The Kier molecular flexibility index (Phi) is 7.50. The first-order chi connectivity index (χ1) is 13.2. The van der Waals surface area contributed by atoms with Crippen molar-refractivity contribution in [2.45, 2.75) is 6.18 Å². The smallest absolute Gasteiger partial charge is 0.308 e. The standard InChI is InChI=1S/C19H17ClF3N3OS.ClH/c1-25(2)9-10-26(18-24-16-14(20)7-4-8-15(16)28-18)17(27)12-5-3-6-13(11-12)19(21,22)23;/h3-8,11H,9-10H2,1-2H3;1H. The van der Waals surface area contributed by atoms with Gasteiger partial charge in [0.2, 0.25) is 0 Å². The van der Waals surface area contributed by atoms with Gasteiger partial charge >= 0.3 is 6.18 Å². The molecular weight excluding hydrogens is 446 g/mol. The fourth-order valence-corrected chi connectivity index (χ4v) is 3.88. The number of anilines is 1. The monoisotopic (exact) mass is 463 g/mol. The highest BCUT2D eigenvalue weighted by atomic mass is 35.5. The molecule has 3 aromatic rings. The number of benzene rings is 2. The minimum absolute atomic E-state index is 0. The summed E-state index contributed by atoms with van der Waals surface area (Å²) in [6.07, 6.45) is -4.52. The van der Waals surface area contributed by atoms with Crippen LogP contribution in [0.25, 0.3) is 10.2 Å². The topological polar surface area (TPSA) is 36.4 Å². The summed E-state index contributed by atoms with van der Waals surface area (Å²) in [6.45, 7) is 0.799. The molecule has 29 heavy (non-hydrogen) atoms. The summed E-state index contributed by atoms with van der Waals surface area (Å²) in [4.78, 5) is 20.8. The molecular formula is C19H18Cl2F3N3OS. The van der Waals surface area contributed by atoms with Crippen LogP contribution in [0.1, 0.15) is 15.9 Å². The van der Waals surface area contributed by atoms with E-state index in [2.05, 4.69) is 4.98 Å². The Labute approximate surface area is 181 Å². The molecule has 0 fully saturated rings. The van der Waals surface area contributed by atoms with E-state index in [0.29, 0.717) is 22.2 Å². The van der Waals surface area contributed by atoms with Crippen LogP contribution in [-0.4, -0.2) is 43.0 Å². The summed E-state index contributed by atoms with van der Waals surface area (Å²) in [6, 6.07) is 9.73. The minimum atomic E-state index is -4.52. The first-order valence-corrected chi connectivity index (χ1v) is 9.55. The van der Waals surface area contributed by atoms with E-state index < -0.39 is 17.6 Å². The molecule has 0 aliphatic carbocycles. The molecule has 1 amide bonds. The number of thiazole rings is 1. The minimum Gasteiger partial charge on any atom is -0.308 e. The average molecular weight is 464 g/mol. The van der Waals surface area contributed by atoms with E-state index in [4.69, 9.17) is 11.6 Å². The highest BCUT2D eigenvalue weighted by Crippen LogP contribution is 2.34. The van der Waals surface area contributed by atoms with Crippen molar-refractivity contribution in [3.05, 3.63) is 58.6 Å². The number of hydrogen-bond donors (Lipinski definition) is 0. The van der Waals surface area contributed by atoms with Crippen LogP contribution in [0.15, 0.2) is 42.5 Å². The predicted molar refractivity (Wildman–Crippen MR) is 114 cm³/mol. The van der Waals surface area contributed by atoms with Crippen LogP contribution in [0.5, 0.6) is 0 Å². The van der Waals surface area contributed by atoms with Gasteiger partial charge in [0.25, 0.3) is 5.91 Å². The number of aromatic nitrogens is 1. The van der Waals surface area contributed by atoms with Crippen LogP contribution in [0, 0.1) is 0 Å². The molecule has 0 aliphatic rings. The van der Waals surface area contributed by atoms with E-state index in [-0.39, 0.29) is 24.5 Å². The molecule has 0 N–H and O–H groups in total. The van der Waals surface area contributed by atoms with Crippen molar-refractivity contribution in [1.29, 1.82) is 0 Å². The van der Waals surface area contributed by atoms with Crippen molar-refractivity contribution in [2.75, 3.05) is 32.1 Å². The Morgan fingerprint density at radius 1 is 1.14 bits per heavy atom. The largest absolute Gasteiger partial charge is 0.416 e. The fourth-order valence-electron chi connectivity index (χ4n) is 2.59. The van der Waals surface area contributed by atoms with Crippen molar-refractivity contribution in [1.82, 2.24) is 9.88 Å². The molecule has 1 aromatic heterocycles. The van der Waals surface area contributed by atoms with Crippen molar-refractivity contribution in [3.63, 3.8) is 0 Å².